The van der Waals surface area contributed by atoms with Gasteiger partial charge in [-0.2, -0.15) is 0 Å². The molecule has 0 saturated carbocycles. The van der Waals surface area contributed by atoms with Crippen molar-refractivity contribution < 1.29 is 9.21 Å². The van der Waals surface area contributed by atoms with Gasteiger partial charge in [-0.3, -0.25) is 4.79 Å². The molecule has 0 radical (unpaired) electrons. The smallest absolute Gasteiger partial charge is 0.251 e. The van der Waals surface area contributed by atoms with Crippen LogP contribution < -0.4 is 5.32 Å². The normalized spacial score (nSPS) is 10.4. The van der Waals surface area contributed by atoms with Crippen molar-refractivity contribution in [1.29, 1.82) is 0 Å². The van der Waals surface area contributed by atoms with Crippen molar-refractivity contribution in [2.45, 2.75) is 13.5 Å². The maximum atomic E-state index is 12.0. The molecule has 3 rings (SSSR count). The zero-order valence-electron chi connectivity index (χ0n) is 12.2. The Bertz CT molecular complexity index is 764. The Kier molecular flexibility index (Phi) is 4.01. The van der Waals surface area contributed by atoms with Crippen LogP contribution in [0, 0.1) is 6.92 Å². The maximum absolute atomic E-state index is 12.0. The molecule has 110 valence electrons. The fourth-order valence-corrected chi connectivity index (χ4v) is 2.24. The number of aryl methyl sites for hydroxylation is 1. The summed E-state index contributed by atoms with van der Waals surface area (Å²) >= 11 is 0. The summed E-state index contributed by atoms with van der Waals surface area (Å²) in [5, 5.41) is 2.81. The molecule has 0 aliphatic heterocycles. The van der Waals surface area contributed by atoms with Crippen LogP contribution in [-0.2, 0) is 6.54 Å². The summed E-state index contributed by atoms with van der Waals surface area (Å²) in [6.07, 6.45) is 0. The number of carbonyl (C=O) groups excluding carboxylic acids is 1. The molecule has 0 atom stereocenters. The third-order valence-corrected chi connectivity index (χ3v) is 3.32. The zero-order chi connectivity index (χ0) is 15.4. The first-order valence-corrected chi connectivity index (χ1v) is 7.09. The molecule has 0 aliphatic carbocycles. The highest BCUT2D eigenvalue weighted by atomic mass is 16.4. The van der Waals surface area contributed by atoms with Crippen LogP contribution in [0.2, 0.25) is 0 Å². The minimum atomic E-state index is -0.141. The number of hydrogen-bond acceptors (Lipinski definition) is 3. The van der Waals surface area contributed by atoms with Gasteiger partial charge in [0.25, 0.3) is 5.91 Å². The lowest BCUT2D eigenvalue weighted by atomic mass is 10.1. The summed E-state index contributed by atoms with van der Waals surface area (Å²) in [5.74, 6) is 1.11. The molecule has 0 spiro atoms. The number of carbonyl (C=O) groups is 1. The second-order valence-electron chi connectivity index (χ2n) is 4.93. The molecule has 0 bridgehead atoms. The van der Waals surface area contributed by atoms with E-state index in [9.17, 15) is 4.79 Å². The van der Waals surface area contributed by atoms with E-state index in [4.69, 9.17) is 4.42 Å². The van der Waals surface area contributed by atoms with Gasteiger partial charge in [0.2, 0.25) is 5.89 Å². The quantitative estimate of drug-likeness (QED) is 0.799. The molecule has 1 aromatic heterocycles. The fraction of sp³-hybridized carbons (Fsp3) is 0.111. The summed E-state index contributed by atoms with van der Waals surface area (Å²) < 4.78 is 5.63. The van der Waals surface area contributed by atoms with E-state index in [-0.39, 0.29) is 12.5 Å². The second-order valence-corrected chi connectivity index (χ2v) is 4.93. The maximum Gasteiger partial charge on any atom is 0.251 e. The van der Waals surface area contributed by atoms with Crippen LogP contribution in [-0.4, -0.2) is 10.9 Å². The Hall–Kier alpha value is -2.88. The third kappa shape index (κ3) is 3.06. The Labute approximate surface area is 128 Å². The predicted molar refractivity (Wildman–Crippen MR) is 84.3 cm³/mol. The molecular formula is C18H16N2O2. The van der Waals surface area contributed by atoms with Gasteiger partial charge in [0, 0.05) is 11.1 Å². The lowest BCUT2D eigenvalue weighted by Gasteiger charge is -2.01. The SMILES string of the molecule is Cc1oc(CNC(=O)c2ccccc2)nc1-c1ccccc1. The van der Waals surface area contributed by atoms with E-state index in [1.807, 2.05) is 55.5 Å². The predicted octanol–water partition coefficient (Wildman–Crippen LogP) is 3.58. The van der Waals surface area contributed by atoms with Crippen molar-refractivity contribution >= 4 is 5.91 Å². The highest BCUT2D eigenvalue weighted by molar-refractivity contribution is 5.93. The molecule has 1 amide bonds. The molecule has 22 heavy (non-hydrogen) atoms. The van der Waals surface area contributed by atoms with Crippen molar-refractivity contribution in [1.82, 2.24) is 10.3 Å². The number of nitrogens with zero attached hydrogens (tertiary/aromatic N) is 1. The monoisotopic (exact) mass is 292 g/mol. The summed E-state index contributed by atoms with van der Waals surface area (Å²) in [7, 11) is 0. The van der Waals surface area contributed by atoms with Crippen molar-refractivity contribution in [2.75, 3.05) is 0 Å². The van der Waals surface area contributed by atoms with Gasteiger partial charge in [0.05, 0.1) is 6.54 Å². The first-order valence-electron chi connectivity index (χ1n) is 7.09. The first kappa shape index (κ1) is 14.1. The highest BCUT2D eigenvalue weighted by Gasteiger charge is 2.12. The number of benzene rings is 2. The number of nitrogens with one attached hydrogen (secondary N) is 1. The Morgan fingerprint density at radius 3 is 2.36 bits per heavy atom. The summed E-state index contributed by atoms with van der Waals surface area (Å²) in [5.41, 5.74) is 2.43. The summed E-state index contributed by atoms with van der Waals surface area (Å²) in [4.78, 5) is 16.5. The van der Waals surface area contributed by atoms with Gasteiger partial charge in [0.15, 0.2) is 0 Å². The standard InChI is InChI=1S/C18H16N2O2/c1-13-17(14-8-4-2-5-9-14)20-16(22-13)12-19-18(21)15-10-6-3-7-11-15/h2-11H,12H2,1H3,(H,19,21). The van der Waals surface area contributed by atoms with Gasteiger partial charge in [0.1, 0.15) is 11.5 Å². The average Bonchev–Trinajstić information content (AvgIpc) is 2.95. The first-order chi connectivity index (χ1) is 10.7. The Morgan fingerprint density at radius 2 is 1.68 bits per heavy atom. The van der Waals surface area contributed by atoms with Crippen LogP contribution in [0.25, 0.3) is 11.3 Å². The second kappa shape index (κ2) is 6.26. The largest absolute Gasteiger partial charge is 0.443 e. The fourth-order valence-electron chi connectivity index (χ4n) is 2.24. The molecule has 0 aliphatic rings. The van der Waals surface area contributed by atoms with Crippen LogP contribution >= 0.6 is 0 Å². The van der Waals surface area contributed by atoms with Crippen LogP contribution in [0.1, 0.15) is 22.0 Å². The van der Waals surface area contributed by atoms with Crippen molar-refractivity contribution in [3.63, 3.8) is 0 Å². The van der Waals surface area contributed by atoms with Crippen molar-refractivity contribution in [2.24, 2.45) is 0 Å². The van der Waals surface area contributed by atoms with Crippen LogP contribution in [0.5, 0.6) is 0 Å². The van der Waals surface area contributed by atoms with E-state index >= 15 is 0 Å². The molecular weight excluding hydrogens is 276 g/mol. The molecule has 3 aromatic rings. The third-order valence-electron chi connectivity index (χ3n) is 3.32. The topological polar surface area (TPSA) is 55.1 Å². The summed E-state index contributed by atoms with van der Waals surface area (Å²) in [6, 6.07) is 18.9. The van der Waals surface area contributed by atoms with Gasteiger partial charge in [-0.25, -0.2) is 4.98 Å². The molecule has 1 heterocycles. The number of rotatable bonds is 4. The van der Waals surface area contributed by atoms with Gasteiger partial charge in [-0.15, -0.1) is 0 Å². The molecule has 4 heteroatoms. The van der Waals surface area contributed by atoms with Crippen LogP contribution in [0.4, 0.5) is 0 Å². The molecule has 0 fully saturated rings. The number of oxazole rings is 1. The number of amides is 1. The molecule has 0 saturated heterocycles. The van der Waals surface area contributed by atoms with E-state index in [0.29, 0.717) is 11.5 Å². The zero-order valence-corrected chi connectivity index (χ0v) is 12.2. The number of hydrogen-bond donors (Lipinski definition) is 1. The van der Waals surface area contributed by atoms with E-state index in [1.54, 1.807) is 12.1 Å². The Morgan fingerprint density at radius 1 is 1.05 bits per heavy atom. The minimum Gasteiger partial charge on any atom is -0.443 e. The van der Waals surface area contributed by atoms with Gasteiger partial charge in [-0.1, -0.05) is 48.5 Å². The van der Waals surface area contributed by atoms with Gasteiger partial charge >= 0.3 is 0 Å². The van der Waals surface area contributed by atoms with E-state index < -0.39 is 0 Å². The summed E-state index contributed by atoms with van der Waals surface area (Å²) in [6.45, 7) is 2.14. The van der Waals surface area contributed by atoms with Crippen molar-refractivity contribution in [3.05, 3.63) is 77.9 Å². The Balaban J connectivity index is 1.71. The highest BCUT2D eigenvalue weighted by Crippen LogP contribution is 2.22. The molecule has 2 aromatic carbocycles. The van der Waals surface area contributed by atoms with Gasteiger partial charge < -0.3 is 9.73 Å². The van der Waals surface area contributed by atoms with Crippen molar-refractivity contribution in [3.8, 4) is 11.3 Å². The molecule has 0 unspecified atom stereocenters. The lowest BCUT2D eigenvalue weighted by molar-refractivity contribution is 0.0947. The van der Waals surface area contributed by atoms with E-state index in [2.05, 4.69) is 10.3 Å². The minimum absolute atomic E-state index is 0.141. The lowest BCUT2D eigenvalue weighted by Crippen LogP contribution is -2.22. The average molecular weight is 292 g/mol. The van der Waals surface area contributed by atoms with Crippen LogP contribution in [0.15, 0.2) is 65.1 Å². The van der Waals surface area contributed by atoms with Crippen LogP contribution in [0.3, 0.4) is 0 Å². The van der Waals surface area contributed by atoms with Gasteiger partial charge in [-0.05, 0) is 19.1 Å². The number of aromatic nitrogens is 1. The molecule has 4 nitrogen and oxygen atoms in total. The molecule has 1 N–H and O–H groups in total. The van der Waals surface area contributed by atoms with E-state index in [1.165, 1.54) is 0 Å². The van der Waals surface area contributed by atoms with E-state index in [0.717, 1.165) is 17.0 Å².